The predicted octanol–water partition coefficient (Wildman–Crippen LogP) is 1.71. The van der Waals surface area contributed by atoms with Gasteiger partial charge in [0.1, 0.15) is 0 Å². The quantitative estimate of drug-likeness (QED) is 0.802. The highest BCUT2D eigenvalue weighted by molar-refractivity contribution is 4.96. The Hall–Kier alpha value is -0.120. The number of likely N-dealkylation sites (tertiary alicyclic amines) is 1. The average molecular weight is 254 g/mol. The van der Waals surface area contributed by atoms with E-state index in [1.165, 1.54) is 45.3 Å². The van der Waals surface area contributed by atoms with E-state index in [1.54, 1.807) is 0 Å². The predicted molar refractivity (Wildman–Crippen MR) is 75.6 cm³/mol. The molecule has 0 aromatic heterocycles. The van der Waals surface area contributed by atoms with Crippen LogP contribution in [0.5, 0.6) is 0 Å². The SMILES string of the molecule is CNC1C(CN2CCC(CO)CC2)CCC1(C)C. The molecule has 0 spiro atoms. The summed E-state index contributed by atoms with van der Waals surface area (Å²) in [4.78, 5) is 2.61. The molecule has 1 saturated carbocycles. The molecule has 2 unspecified atom stereocenters. The molecule has 2 fully saturated rings. The molecule has 2 aliphatic rings. The van der Waals surface area contributed by atoms with Gasteiger partial charge in [0.25, 0.3) is 0 Å². The minimum Gasteiger partial charge on any atom is -0.396 e. The smallest absolute Gasteiger partial charge is 0.0460 e. The van der Waals surface area contributed by atoms with E-state index >= 15 is 0 Å². The van der Waals surface area contributed by atoms with E-state index in [2.05, 4.69) is 31.1 Å². The second kappa shape index (κ2) is 5.89. The number of hydrogen-bond donors (Lipinski definition) is 2. The average Bonchev–Trinajstić information content (AvgIpc) is 2.65. The largest absolute Gasteiger partial charge is 0.396 e. The fraction of sp³-hybridized carbons (Fsp3) is 1.00. The van der Waals surface area contributed by atoms with Gasteiger partial charge in [-0.3, -0.25) is 0 Å². The maximum absolute atomic E-state index is 9.18. The van der Waals surface area contributed by atoms with E-state index in [0.717, 1.165) is 5.92 Å². The zero-order chi connectivity index (χ0) is 13.2. The van der Waals surface area contributed by atoms with Crippen LogP contribution in [0.4, 0.5) is 0 Å². The van der Waals surface area contributed by atoms with Crippen LogP contribution in [0, 0.1) is 17.3 Å². The van der Waals surface area contributed by atoms with Crippen molar-refractivity contribution in [1.82, 2.24) is 10.2 Å². The van der Waals surface area contributed by atoms with Crippen molar-refractivity contribution in [2.24, 2.45) is 17.3 Å². The van der Waals surface area contributed by atoms with E-state index in [-0.39, 0.29) is 0 Å². The zero-order valence-electron chi connectivity index (χ0n) is 12.3. The van der Waals surface area contributed by atoms with Gasteiger partial charge in [-0.2, -0.15) is 0 Å². The molecule has 0 amide bonds. The fourth-order valence-electron chi connectivity index (χ4n) is 4.02. The summed E-state index contributed by atoms with van der Waals surface area (Å²) in [6.07, 6.45) is 5.06. The first-order valence-corrected chi connectivity index (χ1v) is 7.57. The molecule has 0 radical (unpaired) electrons. The standard InChI is InChI=1S/C15H30N2O/c1-15(2)7-4-13(14(15)16-3)10-17-8-5-12(11-18)6-9-17/h12-14,16,18H,4-11H2,1-3H3. The molecule has 2 rings (SSSR count). The molecule has 106 valence electrons. The number of nitrogens with one attached hydrogen (secondary N) is 1. The van der Waals surface area contributed by atoms with Crippen molar-refractivity contribution in [1.29, 1.82) is 0 Å². The van der Waals surface area contributed by atoms with Crippen molar-refractivity contribution in [3.05, 3.63) is 0 Å². The maximum atomic E-state index is 9.18. The monoisotopic (exact) mass is 254 g/mol. The second-order valence-corrected chi connectivity index (χ2v) is 6.98. The maximum Gasteiger partial charge on any atom is 0.0460 e. The van der Waals surface area contributed by atoms with Gasteiger partial charge >= 0.3 is 0 Å². The van der Waals surface area contributed by atoms with Crippen LogP contribution >= 0.6 is 0 Å². The Labute approximate surface area is 112 Å². The van der Waals surface area contributed by atoms with E-state index in [1.807, 2.05) is 0 Å². The van der Waals surface area contributed by atoms with Gasteiger partial charge in [0.05, 0.1) is 0 Å². The lowest BCUT2D eigenvalue weighted by molar-refractivity contribution is 0.111. The van der Waals surface area contributed by atoms with Crippen LogP contribution in [0.15, 0.2) is 0 Å². The van der Waals surface area contributed by atoms with Crippen LogP contribution in [0.25, 0.3) is 0 Å². The summed E-state index contributed by atoms with van der Waals surface area (Å²) < 4.78 is 0. The summed E-state index contributed by atoms with van der Waals surface area (Å²) in [5, 5.41) is 12.7. The summed E-state index contributed by atoms with van der Waals surface area (Å²) in [5.41, 5.74) is 0.447. The Morgan fingerprint density at radius 2 is 1.89 bits per heavy atom. The molecule has 0 bridgehead atoms. The van der Waals surface area contributed by atoms with Gasteiger partial charge in [-0.05, 0) is 63.1 Å². The summed E-state index contributed by atoms with van der Waals surface area (Å²) >= 11 is 0. The number of aliphatic hydroxyl groups is 1. The highest BCUT2D eigenvalue weighted by Gasteiger charge is 2.41. The summed E-state index contributed by atoms with van der Waals surface area (Å²) in [6.45, 7) is 8.77. The topological polar surface area (TPSA) is 35.5 Å². The highest BCUT2D eigenvalue weighted by Crippen LogP contribution is 2.41. The summed E-state index contributed by atoms with van der Waals surface area (Å²) in [5.74, 6) is 1.36. The first-order valence-electron chi connectivity index (χ1n) is 7.57. The van der Waals surface area contributed by atoms with Gasteiger partial charge in [0, 0.05) is 19.2 Å². The van der Waals surface area contributed by atoms with Gasteiger partial charge < -0.3 is 15.3 Å². The Morgan fingerprint density at radius 3 is 2.44 bits per heavy atom. The van der Waals surface area contributed by atoms with E-state index in [9.17, 15) is 5.11 Å². The molecule has 3 heteroatoms. The minimum absolute atomic E-state index is 0.378. The Bertz CT molecular complexity index is 259. The van der Waals surface area contributed by atoms with Gasteiger partial charge in [0.2, 0.25) is 0 Å². The fourth-order valence-corrected chi connectivity index (χ4v) is 4.02. The molecule has 1 saturated heterocycles. The van der Waals surface area contributed by atoms with Crippen LogP contribution in [-0.4, -0.2) is 49.3 Å². The van der Waals surface area contributed by atoms with E-state index < -0.39 is 0 Å². The van der Waals surface area contributed by atoms with Crippen LogP contribution in [0.1, 0.15) is 39.5 Å². The van der Waals surface area contributed by atoms with Gasteiger partial charge in [0.15, 0.2) is 0 Å². The van der Waals surface area contributed by atoms with Gasteiger partial charge in [-0.25, -0.2) is 0 Å². The van der Waals surface area contributed by atoms with Crippen LogP contribution in [-0.2, 0) is 0 Å². The summed E-state index contributed by atoms with van der Waals surface area (Å²) in [6, 6.07) is 0.660. The second-order valence-electron chi connectivity index (χ2n) is 6.98. The third-order valence-electron chi connectivity index (χ3n) is 5.24. The van der Waals surface area contributed by atoms with Crippen LogP contribution in [0.2, 0.25) is 0 Å². The Balaban J connectivity index is 1.83. The van der Waals surface area contributed by atoms with Crippen molar-refractivity contribution < 1.29 is 5.11 Å². The first kappa shape index (κ1) is 14.3. The molecule has 1 aliphatic heterocycles. The molecule has 0 aromatic carbocycles. The van der Waals surface area contributed by atoms with Crippen molar-refractivity contribution in [3.8, 4) is 0 Å². The minimum atomic E-state index is 0.378. The molecular formula is C15H30N2O. The summed E-state index contributed by atoms with van der Waals surface area (Å²) in [7, 11) is 2.11. The normalized spacial score (nSPS) is 34.0. The number of nitrogens with zero attached hydrogens (tertiary/aromatic N) is 1. The zero-order valence-corrected chi connectivity index (χ0v) is 12.3. The molecule has 2 N–H and O–H groups in total. The third-order valence-corrected chi connectivity index (χ3v) is 5.24. The molecular weight excluding hydrogens is 224 g/mol. The van der Waals surface area contributed by atoms with Gasteiger partial charge in [-0.1, -0.05) is 13.8 Å². The van der Waals surface area contributed by atoms with E-state index in [0.29, 0.717) is 24.0 Å². The van der Waals surface area contributed by atoms with E-state index in [4.69, 9.17) is 0 Å². The van der Waals surface area contributed by atoms with Crippen molar-refractivity contribution in [3.63, 3.8) is 0 Å². The van der Waals surface area contributed by atoms with Crippen molar-refractivity contribution in [2.75, 3.05) is 33.3 Å². The van der Waals surface area contributed by atoms with Gasteiger partial charge in [-0.15, -0.1) is 0 Å². The molecule has 3 nitrogen and oxygen atoms in total. The molecule has 0 aromatic rings. The number of rotatable bonds is 4. The lowest BCUT2D eigenvalue weighted by atomic mass is 9.84. The number of aliphatic hydroxyl groups excluding tert-OH is 1. The van der Waals surface area contributed by atoms with Crippen molar-refractivity contribution >= 4 is 0 Å². The Kier molecular flexibility index (Phi) is 4.68. The molecule has 2 atom stereocenters. The third kappa shape index (κ3) is 3.06. The van der Waals surface area contributed by atoms with Crippen LogP contribution in [0.3, 0.4) is 0 Å². The molecule has 18 heavy (non-hydrogen) atoms. The lowest BCUT2D eigenvalue weighted by Gasteiger charge is -2.36. The first-order chi connectivity index (χ1) is 8.56. The lowest BCUT2D eigenvalue weighted by Crippen LogP contribution is -2.45. The van der Waals surface area contributed by atoms with Crippen molar-refractivity contribution in [2.45, 2.75) is 45.6 Å². The molecule has 1 heterocycles. The molecule has 1 aliphatic carbocycles. The number of hydrogen-bond acceptors (Lipinski definition) is 3. The van der Waals surface area contributed by atoms with Crippen LogP contribution < -0.4 is 5.32 Å². The number of piperidine rings is 1. The highest BCUT2D eigenvalue weighted by atomic mass is 16.3. The Morgan fingerprint density at radius 1 is 1.22 bits per heavy atom.